The van der Waals surface area contributed by atoms with Crippen LogP contribution >= 0.6 is 0 Å². The van der Waals surface area contributed by atoms with Crippen molar-refractivity contribution in [2.45, 2.75) is 57.1 Å². The molecule has 6 heterocycles. The van der Waals surface area contributed by atoms with Crippen LogP contribution < -0.4 is 11.3 Å². The van der Waals surface area contributed by atoms with Gasteiger partial charge in [0.1, 0.15) is 36.5 Å². The molecule has 37 heavy (non-hydrogen) atoms. The Morgan fingerprint density at radius 1 is 0.892 bits per heavy atom. The van der Waals surface area contributed by atoms with E-state index in [-0.39, 0.29) is 31.7 Å². The average Bonchev–Trinajstić information content (AvgIpc) is 3.64. The van der Waals surface area contributed by atoms with Crippen LogP contribution in [0.5, 0.6) is 0 Å². The lowest BCUT2D eigenvalue weighted by Crippen LogP contribution is -2.24. The summed E-state index contributed by atoms with van der Waals surface area (Å²) >= 11 is 0. The van der Waals surface area contributed by atoms with E-state index in [0.717, 1.165) is 0 Å². The van der Waals surface area contributed by atoms with Crippen LogP contribution in [0.15, 0.2) is 30.1 Å². The van der Waals surface area contributed by atoms with E-state index in [2.05, 4.69) is 29.9 Å². The first-order valence-electron chi connectivity index (χ1n) is 11.1. The number of nitrogens with two attached hydrogens (primary N) is 1. The molecular formula is C21H29N9O7. The van der Waals surface area contributed by atoms with Crippen molar-refractivity contribution in [2.75, 3.05) is 18.9 Å². The zero-order valence-electron chi connectivity index (χ0n) is 18.8. The number of ether oxygens (including phenoxy) is 2. The number of H-pyrrole nitrogens is 1. The van der Waals surface area contributed by atoms with E-state index >= 15 is 0 Å². The maximum Gasteiger partial charge on any atom is 0.278 e. The van der Waals surface area contributed by atoms with Crippen molar-refractivity contribution in [2.24, 2.45) is 0 Å². The van der Waals surface area contributed by atoms with Gasteiger partial charge in [-0.2, -0.15) is 0 Å². The summed E-state index contributed by atoms with van der Waals surface area (Å²) < 4.78 is 14.3. The average molecular weight is 520 g/mol. The topological polar surface area (TPSA) is 233 Å². The minimum Gasteiger partial charge on any atom is -0.394 e. The molecule has 4 aromatic rings. The summed E-state index contributed by atoms with van der Waals surface area (Å²) in [6, 6.07) is 0. The first kappa shape index (κ1) is 26.5. The Morgan fingerprint density at radius 2 is 1.43 bits per heavy atom. The first-order chi connectivity index (χ1) is 17.4. The van der Waals surface area contributed by atoms with Gasteiger partial charge in [0, 0.05) is 12.8 Å². The van der Waals surface area contributed by atoms with E-state index in [1.54, 1.807) is 15.5 Å². The highest BCUT2D eigenvalue weighted by atomic mass is 16.5. The molecule has 0 aromatic carbocycles. The van der Waals surface area contributed by atoms with Crippen molar-refractivity contribution in [3.63, 3.8) is 0 Å². The lowest BCUT2D eigenvalue weighted by atomic mass is 10.2. The van der Waals surface area contributed by atoms with Crippen molar-refractivity contribution in [3.05, 3.63) is 35.7 Å². The Labute approximate surface area is 209 Å². The molecule has 2 aliphatic rings. The second-order valence-corrected chi connectivity index (χ2v) is 8.37. The molecule has 0 saturated carbocycles. The number of aromatic amines is 1. The molecular weight excluding hydrogens is 490 g/mol. The molecule has 0 amide bonds. The molecule has 0 aliphatic carbocycles. The summed E-state index contributed by atoms with van der Waals surface area (Å²) in [7, 11) is 0. The normalized spacial score (nSPS) is 27.2. The van der Waals surface area contributed by atoms with Crippen LogP contribution in [-0.2, 0) is 9.47 Å². The molecule has 6 atom stereocenters. The highest BCUT2D eigenvalue weighted by Gasteiger charge is 2.36. The van der Waals surface area contributed by atoms with Gasteiger partial charge in [-0.05, 0) is 0 Å². The lowest BCUT2D eigenvalue weighted by Gasteiger charge is -2.13. The Hall–Kier alpha value is -3.54. The smallest absolute Gasteiger partial charge is 0.278 e. The number of fused-ring (bicyclic) bond motifs is 2. The molecule has 6 rings (SSSR count). The largest absolute Gasteiger partial charge is 0.394 e. The molecule has 2 aliphatic heterocycles. The third-order valence-electron chi connectivity index (χ3n) is 6.14. The molecule has 0 radical (unpaired) electrons. The maximum absolute atomic E-state index is 11.5. The number of aliphatic hydroxyl groups excluding tert-OH is 4. The molecule has 0 bridgehead atoms. The van der Waals surface area contributed by atoms with Gasteiger partial charge in [0.05, 0.1) is 44.4 Å². The summed E-state index contributed by atoms with van der Waals surface area (Å²) in [5.41, 5.74) is 7.05. The van der Waals surface area contributed by atoms with Gasteiger partial charge < -0.3 is 40.6 Å². The number of hydrogen-bond acceptors (Lipinski definition) is 13. The fraction of sp³-hybridized carbons (Fsp3) is 0.524. The Kier molecular flexibility index (Phi) is 7.76. The summed E-state index contributed by atoms with van der Waals surface area (Å²) in [5.74, 6) is 0.302. The van der Waals surface area contributed by atoms with Crippen LogP contribution in [0.3, 0.4) is 0 Å². The zero-order chi connectivity index (χ0) is 25.4. The van der Waals surface area contributed by atoms with Crippen LogP contribution in [0, 0.1) is 0 Å². The van der Waals surface area contributed by atoms with Crippen molar-refractivity contribution in [3.8, 4) is 0 Å². The number of imidazole rings is 2. The van der Waals surface area contributed by atoms with E-state index in [1.807, 2.05) is 0 Å². The van der Waals surface area contributed by atoms with Gasteiger partial charge in [0.15, 0.2) is 22.6 Å². The molecule has 2 fully saturated rings. The predicted octanol–water partition coefficient (Wildman–Crippen LogP) is -1.55. The lowest BCUT2D eigenvalue weighted by molar-refractivity contribution is -0.0432. The van der Waals surface area contributed by atoms with Gasteiger partial charge in [-0.15, -0.1) is 0 Å². The van der Waals surface area contributed by atoms with Gasteiger partial charge in [0.2, 0.25) is 0 Å². The molecule has 2 saturated heterocycles. The Balaban J connectivity index is 0.000000168. The minimum absolute atomic E-state index is 0. The Morgan fingerprint density at radius 3 is 1.97 bits per heavy atom. The number of aromatic nitrogens is 8. The van der Waals surface area contributed by atoms with Crippen molar-refractivity contribution in [1.82, 2.24) is 39.0 Å². The molecule has 4 aromatic heterocycles. The molecule has 200 valence electrons. The van der Waals surface area contributed by atoms with E-state index in [1.165, 1.54) is 19.0 Å². The van der Waals surface area contributed by atoms with Gasteiger partial charge in [-0.1, -0.05) is 7.43 Å². The summed E-state index contributed by atoms with van der Waals surface area (Å²) in [6.07, 6.45) is 2.83. The van der Waals surface area contributed by atoms with Crippen LogP contribution in [-0.4, -0.2) is 97.1 Å². The highest BCUT2D eigenvalue weighted by molar-refractivity contribution is 5.81. The summed E-state index contributed by atoms with van der Waals surface area (Å²) in [6.45, 7) is -0.472. The molecule has 7 N–H and O–H groups in total. The number of nitrogen functional groups attached to an aromatic ring is 1. The number of nitrogens with one attached hydrogen (secondary N) is 1. The van der Waals surface area contributed by atoms with Gasteiger partial charge >= 0.3 is 0 Å². The van der Waals surface area contributed by atoms with Crippen molar-refractivity contribution in [1.29, 1.82) is 0 Å². The monoisotopic (exact) mass is 519 g/mol. The van der Waals surface area contributed by atoms with E-state index < -0.39 is 36.9 Å². The maximum atomic E-state index is 11.5. The van der Waals surface area contributed by atoms with Crippen LogP contribution in [0.2, 0.25) is 0 Å². The fourth-order valence-electron chi connectivity index (χ4n) is 4.25. The molecule has 0 spiro atoms. The molecule has 6 unspecified atom stereocenters. The Bertz CT molecular complexity index is 1410. The van der Waals surface area contributed by atoms with Crippen molar-refractivity contribution < 1.29 is 29.9 Å². The van der Waals surface area contributed by atoms with Gasteiger partial charge in [0.25, 0.3) is 5.56 Å². The number of aliphatic hydroxyl groups is 4. The summed E-state index contributed by atoms with van der Waals surface area (Å²) in [4.78, 5) is 34.0. The van der Waals surface area contributed by atoms with E-state index in [4.69, 9.17) is 25.4 Å². The second kappa shape index (κ2) is 10.8. The molecule has 16 nitrogen and oxygen atoms in total. The fourth-order valence-corrected chi connectivity index (χ4v) is 4.25. The van der Waals surface area contributed by atoms with Crippen LogP contribution in [0.25, 0.3) is 22.3 Å². The quantitative estimate of drug-likeness (QED) is 0.179. The highest BCUT2D eigenvalue weighted by Crippen LogP contribution is 2.31. The SMILES string of the molecule is C.Nc1ncnc2c1ncn2C1CC(O)C(CO)O1.O=c1[nH]cnc2c1ncn2C1CC(O)C(CO)O1. The summed E-state index contributed by atoms with van der Waals surface area (Å²) in [5, 5.41) is 37.5. The zero-order valence-corrected chi connectivity index (χ0v) is 18.8. The molecule has 16 heteroatoms. The first-order valence-corrected chi connectivity index (χ1v) is 11.1. The number of rotatable bonds is 4. The number of nitrogens with zero attached hydrogens (tertiary/aromatic N) is 7. The van der Waals surface area contributed by atoms with Crippen LogP contribution in [0.1, 0.15) is 32.7 Å². The van der Waals surface area contributed by atoms with E-state index in [9.17, 15) is 15.0 Å². The third-order valence-corrected chi connectivity index (χ3v) is 6.14. The van der Waals surface area contributed by atoms with Gasteiger partial charge in [-0.3, -0.25) is 13.9 Å². The van der Waals surface area contributed by atoms with E-state index in [0.29, 0.717) is 35.5 Å². The predicted molar refractivity (Wildman–Crippen MR) is 128 cm³/mol. The van der Waals surface area contributed by atoms with Gasteiger partial charge in [-0.25, -0.2) is 24.9 Å². The van der Waals surface area contributed by atoms with Crippen molar-refractivity contribution >= 4 is 28.1 Å². The standard InChI is InChI=1S/C10H13N5O3.C10H12N4O4.CH4/c11-9-8-10(13-3-12-9)15(4-14-8)7-1-5(17)6(2-16)18-7;15-2-6-5(16)1-7(18-6)14-4-13-8-9(14)11-3-12-10(8)17;/h3-7,16-17H,1-2H2,(H2,11,12,13);3-7,15-16H,1-2H2,(H,11,12,17);1H4. The number of anilines is 1. The van der Waals surface area contributed by atoms with Crippen LogP contribution in [0.4, 0.5) is 5.82 Å². The second-order valence-electron chi connectivity index (χ2n) is 8.37. The minimum atomic E-state index is -0.737. The number of hydrogen-bond donors (Lipinski definition) is 6. The third kappa shape index (κ3) is 4.89.